The number of hydrogen-bond acceptors (Lipinski definition) is 4. The molecule has 2 amide bonds. The van der Waals surface area contributed by atoms with Crippen LogP contribution in [0.4, 0.5) is 4.79 Å². The SMILES string of the molecule is CCn1nc(C)c(CNC(=O)N(C)CCN(C)C2CC2)n1. The quantitative estimate of drug-likeness (QED) is 0.809. The number of amides is 2. The van der Waals surface area contributed by atoms with Gasteiger partial charge in [-0.15, -0.1) is 0 Å². The lowest BCUT2D eigenvalue weighted by Crippen LogP contribution is -2.41. The summed E-state index contributed by atoms with van der Waals surface area (Å²) in [5.41, 5.74) is 1.70. The van der Waals surface area contributed by atoms with Gasteiger partial charge in [-0.1, -0.05) is 0 Å². The fraction of sp³-hybridized carbons (Fsp3) is 0.786. The molecular weight excluding hydrogens is 268 g/mol. The average Bonchev–Trinajstić information content (AvgIpc) is 3.26. The highest BCUT2D eigenvalue weighted by Crippen LogP contribution is 2.24. The number of hydrogen-bond donors (Lipinski definition) is 1. The summed E-state index contributed by atoms with van der Waals surface area (Å²) >= 11 is 0. The zero-order chi connectivity index (χ0) is 15.4. The lowest BCUT2D eigenvalue weighted by atomic mass is 10.3. The molecule has 1 fully saturated rings. The molecule has 21 heavy (non-hydrogen) atoms. The third kappa shape index (κ3) is 4.42. The van der Waals surface area contributed by atoms with Crippen molar-refractivity contribution < 1.29 is 4.79 Å². The van der Waals surface area contributed by atoms with Gasteiger partial charge in [0.1, 0.15) is 5.69 Å². The molecule has 0 spiro atoms. The number of likely N-dealkylation sites (N-methyl/N-ethyl adjacent to an activating group) is 2. The Balaban J connectivity index is 1.73. The van der Waals surface area contributed by atoms with E-state index in [2.05, 4.69) is 27.5 Å². The van der Waals surface area contributed by atoms with Crippen LogP contribution >= 0.6 is 0 Å². The predicted molar refractivity (Wildman–Crippen MR) is 81.0 cm³/mol. The molecule has 1 aliphatic carbocycles. The number of nitrogens with zero attached hydrogens (tertiary/aromatic N) is 5. The Hall–Kier alpha value is -1.63. The Labute approximate surface area is 126 Å². The van der Waals surface area contributed by atoms with Crippen molar-refractivity contribution in [1.82, 2.24) is 30.1 Å². The first-order valence-corrected chi connectivity index (χ1v) is 7.61. The van der Waals surface area contributed by atoms with Gasteiger partial charge < -0.3 is 15.1 Å². The fourth-order valence-electron chi connectivity index (χ4n) is 2.17. The number of aryl methyl sites for hydroxylation is 2. The first-order chi connectivity index (χ1) is 10.0. The molecule has 0 saturated heterocycles. The predicted octanol–water partition coefficient (Wildman–Crippen LogP) is 0.842. The Morgan fingerprint density at radius 2 is 2.05 bits per heavy atom. The van der Waals surface area contributed by atoms with E-state index in [1.807, 2.05) is 20.9 Å². The maximum Gasteiger partial charge on any atom is 0.317 e. The highest BCUT2D eigenvalue weighted by atomic mass is 16.2. The second-order valence-electron chi connectivity index (χ2n) is 5.71. The Kier molecular flexibility index (Phi) is 5.17. The molecule has 0 radical (unpaired) electrons. The molecule has 7 heteroatoms. The Morgan fingerprint density at radius 3 is 2.62 bits per heavy atom. The first kappa shape index (κ1) is 15.8. The topological polar surface area (TPSA) is 66.3 Å². The second kappa shape index (κ2) is 6.89. The van der Waals surface area contributed by atoms with Crippen LogP contribution in [0, 0.1) is 6.92 Å². The monoisotopic (exact) mass is 294 g/mol. The lowest BCUT2D eigenvalue weighted by molar-refractivity contribution is 0.199. The zero-order valence-corrected chi connectivity index (χ0v) is 13.5. The number of aromatic nitrogens is 3. The molecule has 1 N–H and O–H groups in total. The van der Waals surface area contributed by atoms with Gasteiger partial charge in [0.15, 0.2) is 0 Å². The molecule has 0 unspecified atom stereocenters. The van der Waals surface area contributed by atoms with Gasteiger partial charge in [-0.05, 0) is 33.7 Å². The molecule has 1 aliphatic rings. The maximum atomic E-state index is 12.0. The number of carbonyl (C=O) groups excluding carboxylic acids is 1. The van der Waals surface area contributed by atoms with Crippen LogP contribution in [0.1, 0.15) is 31.2 Å². The first-order valence-electron chi connectivity index (χ1n) is 7.61. The van der Waals surface area contributed by atoms with Crippen LogP contribution < -0.4 is 5.32 Å². The summed E-state index contributed by atoms with van der Waals surface area (Å²) < 4.78 is 0. The van der Waals surface area contributed by atoms with Crippen LogP contribution in [0.25, 0.3) is 0 Å². The van der Waals surface area contributed by atoms with Crippen molar-refractivity contribution in [2.75, 3.05) is 27.2 Å². The Bertz CT molecular complexity index is 482. The zero-order valence-electron chi connectivity index (χ0n) is 13.5. The van der Waals surface area contributed by atoms with Crippen molar-refractivity contribution in [2.45, 2.75) is 45.8 Å². The van der Waals surface area contributed by atoms with Crippen LogP contribution in [-0.2, 0) is 13.1 Å². The normalized spacial score (nSPS) is 14.5. The van der Waals surface area contributed by atoms with Gasteiger partial charge in [0.2, 0.25) is 0 Å². The van der Waals surface area contributed by atoms with Crippen molar-refractivity contribution >= 4 is 6.03 Å². The van der Waals surface area contributed by atoms with Crippen LogP contribution in [0.3, 0.4) is 0 Å². The molecule has 1 saturated carbocycles. The van der Waals surface area contributed by atoms with E-state index in [1.54, 1.807) is 9.70 Å². The minimum Gasteiger partial charge on any atom is -0.332 e. The van der Waals surface area contributed by atoms with E-state index in [0.717, 1.165) is 37.1 Å². The van der Waals surface area contributed by atoms with Crippen molar-refractivity contribution in [3.8, 4) is 0 Å². The van der Waals surface area contributed by atoms with E-state index >= 15 is 0 Å². The van der Waals surface area contributed by atoms with Crippen molar-refractivity contribution in [3.05, 3.63) is 11.4 Å². The highest BCUT2D eigenvalue weighted by molar-refractivity contribution is 5.73. The number of rotatable bonds is 7. The summed E-state index contributed by atoms with van der Waals surface area (Å²) in [6.07, 6.45) is 2.58. The van der Waals surface area contributed by atoms with E-state index in [1.165, 1.54) is 12.8 Å². The van der Waals surface area contributed by atoms with Gasteiger partial charge in [0.05, 0.1) is 18.8 Å². The molecule has 2 rings (SSSR count). The lowest BCUT2D eigenvalue weighted by Gasteiger charge is -2.22. The molecule has 0 atom stereocenters. The van der Waals surface area contributed by atoms with Crippen LogP contribution in [0.2, 0.25) is 0 Å². The molecule has 118 valence electrons. The highest BCUT2D eigenvalue weighted by Gasteiger charge is 2.26. The summed E-state index contributed by atoms with van der Waals surface area (Å²) in [5, 5.41) is 11.5. The summed E-state index contributed by atoms with van der Waals surface area (Å²) in [6, 6.07) is 0.665. The number of nitrogens with one attached hydrogen (secondary N) is 1. The molecule has 7 nitrogen and oxygen atoms in total. The third-order valence-electron chi connectivity index (χ3n) is 3.91. The fourth-order valence-corrected chi connectivity index (χ4v) is 2.17. The van der Waals surface area contributed by atoms with Gasteiger partial charge in [0, 0.05) is 26.2 Å². The third-order valence-corrected chi connectivity index (χ3v) is 3.91. The maximum absolute atomic E-state index is 12.0. The van der Waals surface area contributed by atoms with Crippen molar-refractivity contribution in [3.63, 3.8) is 0 Å². The standard InChI is InChI=1S/C14H26N6O/c1-5-20-16-11(2)13(17-20)10-15-14(21)19(4)9-8-18(3)12-6-7-12/h12H,5-10H2,1-4H3,(H,15,21). The van der Waals surface area contributed by atoms with Gasteiger partial charge in [0.25, 0.3) is 0 Å². The number of urea groups is 1. The van der Waals surface area contributed by atoms with Gasteiger partial charge in [-0.25, -0.2) is 4.79 Å². The smallest absolute Gasteiger partial charge is 0.317 e. The molecular formula is C14H26N6O. The molecule has 1 heterocycles. The van der Waals surface area contributed by atoms with Crippen LogP contribution in [0.5, 0.6) is 0 Å². The summed E-state index contributed by atoms with van der Waals surface area (Å²) in [7, 11) is 3.95. The molecule has 0 bridgehead atoms. The second-order valence-corrected chi connectivity index (χ2v) is 5.71. The number of carbonyl (C=O) groups is 1. The minimum absolute atomic E-state index is 0.0651. The van der Waals surface area contributed by atoms with Crippen molar-refractivity contribution in [1.29, 1.82) is 0 Å². The van der Waals surface area contributed by atoms with E-state index < -0.39 is 0 Å². The average molecular weight is 294 g/mol. The van der Waals surface area contributed by atoms with Crippen LogP contribution in [0.15, 0.2) is 0 Å². The molecule has 1 aromatic rings. The largest absolute Gasteiger partial charge is 0.332 e. The van der Waals surface area contributed by atoms with E-state index in [4.69, 9.17) is 0 Å². The summed E-state index contributed by atoms with van der Waals surface area (Å²) in [6.45, 7) is 6.72. The van der Waals surface area contributed by atoms with E-state index in [0.29, 0.717) is 6.54 Å². The van der Waals surface area contributed by atoms with Gasteiger partial charge >= 0.3 is 6.03 Å². The van der Waals surface area contributed by atoms with Gasteiger partial charge in [-0.3, -0.25) is 0 Å². The Morgan fingerprint density at radius 1 is 1.33 bits per heavy atom. The molecule has 1 aromatic heterocycles. The van der Waals surface area contributed by atoms with E-state index in [9.17, 15) is 4.79 Å². The summed E-state index contributed by atoms with van der Waals surface area (Å²) in [5.74, 6) is 0. The summed E-state index contributed by atoms with van der Waals surface area (Å²) in [4.78, 5) is 17.7. The molecule has 0 aromatic carbocycles. The van der Waals surface area contributed by atoms with Crippen LogP contribution in [-0.4, -0.2) is 64.1 Å². The minimum atomic E-state index is -0.0651. The van der Waals surface area contributed by atoms with E-state index in [-0.39, 0.29) is 6.03 Å². The van der Waals surface area contributed by atoms with Gasteiger partial charge in [-0.2, -0.15) is 15.0 Å². The van der Waals surface area contributed by atoms with Crippen molar-refractivity contribution in [2.24, 2.45) is 0 Å². The molecule has 0 aliphatic heterocycles.